The summed E-state index contributed by atoms with van der Waals surface area (Å²) in [4.78, 5) is 27.7. The molecule has 9 nitrogen and oxygen atoms in total. The first-order chi connectivity index (χ1) is 14.4. The number of primary amides is 1. The predicted molar refractivity (Wildman–Crippen MR) is 108 cm³/mol. The summed E-state index contributed by atoms with van der Waals surface area (Å²) in [6.07, 6.45) is 3.23. The number of anilines is 1. The number of pyridine rings is 1. The summed E-state index contributed by atoms with van der Waals surface area (Å²) in [5, 5.41) is 7.03. The number of urea groups is 1. The number of benzene rings is 1. The summed E-state index contributed by atoms with van der Waals surface area (Å²) in [7, 11) is 2.01. The Morgan fingerprint density at radius 2 is 1.90 bits per heavy atom. The van der Waals surface area contributed by atoms with Crippen LogP contribution in [0.2, 0.25) is 0 Å². The number of rotatable bonds is 4. The third kappa shape index (κ3) is 4.03. The van der Waals surface area contributed by atoms with Crippen molar-refractivity contribution in [1.82, 2.24) is 19.4 Å². The summed E-state index contributed by atoms with van der Waals surface area (Å²) in [6.45, 7) is 2.88. The zero-order chi connectivity index (χ0) is 21.3. The number of nitrogens with two attached hydrogens (primary N) is 1. The second-order valence-electron chi connectivity index (χ2n) is 7.09. The number of carbonyl (C=O) groups excluding carboxylic acids is 2. The first-order valence-corrected chi connectivity index (χ1v) is 9.40. The van der Waals surface area contributed by atoms with Crippen molar-refractivity contribution in [2.75, 3.05) is 38.5 Å². The molecule has 3 heterocycles. The molecule has 2 aromatic heterocycles. The molecule has 1 aliphatic rings. The molecule has 0 saturated carbocycles. The van der Waals surface area contributed by atoms with Crippen LogP contribution in [0.25, 0.3) is 5.52 Å². The van der Waals surface area contributed by atoms with Crippen LogP contribution in [0.3, 0.4) is 0 Å². The summed E-state index contributed by atoms with van der Waals surface area (Å²) < 4.78 is 21.6. The van der Waals surface area contributed by atoms with Crippen LogP contribution in [0.5, 0.6) is 11.5 Å². The Kier molecular flexibility index (Phi) is 5.23. The van der Waals surface area contributed by atoms with Crippen LogP contribution in [-0.2, 0) is 0 Å². The Balaban J connectivity index is 1.59. The second kappa shape index (κ2) is 7.99. The van der Waals surface area contributed by atoms with Gasteiger partial charge in [-0.3, -0.25) is 4.79 Å². The molecule has 0 unspecified atom stereocenters. The van der Waals surface area contributed by atoms with Crippen LogP contribution in [0.1, 0.15) is 10.4 Å². The Bertz CT molecular complexity index is 1110. The molecule has 0 aliphatic carbocycles. The normalized spacial score (nSPS) is 14.7. The monoisotopic (exact) mass is 412 g/mol. The number of likely N-dealkylation sites (N-methyl/N-ethyl adjacent to an activating group) is 1. The van der Waals surface area contributed by atoms with E-state index in [4.69, 9.17) is 10.5 Å². The molecule has 3 aromatic rings. The van der Waals surface area contributed by atoms with Gasteiger partial charge in [0.15, 0.2) is 17.3 Å². The lowest BCUT2D eigenvalue weighted by Gasteiger charge is -2.32. The van der Waals surface area contributed by atoms with Crippen LogP contribution >= 0.6 is 0 Å². The number of ether oxygens (including phenoxy) is 1. The van der Waals surface area contributed by atoms with Crippen molar-refractivity contribution in [3.05, 3.63) is 54.1 Å². The molecular formula is C20H21FN6O3. The molecule has 1 aliphatic heterocycles. The van der Waals surface area contributed by atoms with Crippen LogP contribution in [-0.4, -0.2) is 64.6 Å². The number of carbonyl (C=O) groups is 2. The lowest BCUT2D eigenvalue weighted by molar-refractivity contribution is 0.0999. The number of fused-ring (bicyclic) bond motifs is 1. The van der Waals surface area contributed by atoms with Gasteiger partial charge in [0.05, 0.1) is 18.1 Å². The van der Waals surface area contributed by atoms with Crippen molar-refractivity contribution < 1.29 is 18.7 Å². The minimum Gasteiger partial charge on any atom is -0.452 e. The van der Waals surface area contributed by atoms with E-state index in [0.717, 1.165) is 19.2 Å². The van der Waals surface area contributed by atoms with Crippen LogP contribution in [0, 0.1) is 5.82 Å². The van der Waals surface area contributed by atoms with E-state index in [2.05, 4.69) is 15.3 Å². The quantitative estimate of drug-likeness (QED) is 0.683. The van der Waals surface area contributed by atoms with Crippen LogP contribution in [0.4, 0.5) is 14.9 Å². The summed E-state index contributed by atoms with van der Waals surface area (Å²) >= 11 is 0. The highest BCUT2D eigenvalue weighted by Crippen LogP contribution is 2.31. The Hall–Kier alpha value is -3.66. The van der Waals surface area contributed by atoms with Gasteiger partial charge in [0.25, 0.3) is 0 Å². The van der Waals surface area contributed by atoms with E-state index in [1.165, 1.54) is 16.6 Å². The Morgan fingerprint density at radius 1 is 1.13 bits per heavy atom. The summed E-state index contributed by atoms with van der Waals surface area (Å²) in [5.74, 6) is -1.23. The van der Waals surface area contributed by atoms with Crippen molar-refractivity contribution in [3.8, 4) is 11.5 Å². The first-order valence-electron chi connectivity index (χ1n) is 9.40. The van der Waals surface area contributed by atoms with Crippen molar-refractivity contribution in [3.63, 3.8) is 0 Å². The van der Waals surface area contributed by atoms with E-state index >= 15 is 0 Å². The topological polar surface area (TPSA) is 105 Å². The highest BCUT2D eigenvalue weighted by Gasteiger charge is 2.20. The van der Waals surface area contributed by atoms with Gasteiger partial charge in [0.1, 0.15) is 5.52 Å². The third-order valence-corrected chi connectivity index (χ3v) is 4.95. The van der Waals surface area contributed by atoms with Crippen LogP contribution in [0.15, 0.2) is 42.7 Å². The molecule has 0 bridgehead atoms. The van der Waals surface area contributed by atoms with Gasteiger partial charge >= 0.3 is 6.03 Å². The average Bonchev–Trinajstić information content (AvgIpc) is 3.18. The number of nitrogens with zero attached hydrogens (tertiary/aromatic N) is 4. The minimum atomic E-state index is -0.729. The molecule has 4 rings (SSSR count). The zero-order valence-electron chi connectivity index (χ0n) is 16.3. The Labute approximate surface area is 171 Å². The number of amides is 3. The molecular weight excluding hydrogens is 391 g/mol. The first kappa shape index (κ1) is 19.6. The highest BCUT2D eigenvalue weighted by atomic mass is 19.1. The maximum atomic E-state index is 14.4. The maximum Gasteiger partial charge on any atom is 0.321 e. The van der Waals surface area contributed by atoms with Gasteiger partial charge in [-0.25, -0.2) is 13.7 Å². The molecule has 0 radical (unpaired) electrons. The molecule has 0 atom stereocenters. The van der Waals surface area contributed by atoms with Gasteiger partial charge in [-0.05, 0) is 31.3 Å². The van der Waals surface area contributed by atoms with Crippen molar-refractivity contribution >= 4 is 23.1 Å². The summed E-state index contributed by atoms with van der Waals surface area (Å²) in [6, 6.07) is 6.82. The predicted octanol–water partition coefficient (Wildman–Crippen LogP) is 2.14. The largest absolute Gasteiger partial charge is 0.452 e. The molecule has 10 heteroatoms. The molecule has 0 spiro atoms. The van der Waals surface area contributed by atoms with E-state index in [1.807, 2.05) is 7.05 Å². The lowest BCUT2D eigenvalue weighted by atomic mass is 10.2. The van der Waals surface area contributed by atoms with Crippen molar-refractivity contribution in [2.45, 2.75) is 0 Å². The highest BCUT2D eigenvalue weighted by molar-refractivity contribution is 5.93. The SMILES string of the molecule is CN1CCN(C(=O)Nc2cc(Oc3ccc(C(N)=O)cc3F)c3ccnn3c2)CC1. The number of piperazine rings is 1. The average molecular weight is 412 g/mol. The lowest BCUT2D eigenvalue weighted by Crippen LogP contribution is -2.48. The molecule has 1 saturated heterocycles. The fourth-order valence-electron chi connectivity index (χ4n) is 3.21. The number of nitrogens with one attached hydrogen (secondary N) is 1. The zero-order valence-corrected chi connectivity index (χ0v) is 16.3. The van der Waals surface area contributed by atoms with Crippen molar-refractivity contribution in [2.24, 2.45) is 5.73 Å². The minimum absolute atomic E-state index is 0.0440. The standard InChI is InChI=1S/C20H21FN6O3/c1-25-6-8-26(9-7-25)20(29)24-14-11-18(16-4-5-23-27(16)12-14)30-17-3-2-13(19(22)28)10-15(17)21/h2-5,10-12H,6-9H2,1H3,(H2,22,28)(H,24,29). The number of aromatic nitrogens is 2. The fourth-order valence-corrected chi connectivity index (χ4v) is 3.21. The Morgan fingerprint density at radius 3 is 2.60 bits per heavy atom. The molecule has 1 aromatic carbocycles. The van der Waals surface area contributed by atoms with Gasteiger partial charge in [0.2, 0.25) is 5.91 Å². The second-order valence-corrected chi connectivity index (χ2v) is 7.09. The maximum absolute atomic E-state index is 14.4. The number of hydrogen-bond acceptors (Lipinski definition) is 5. The molecule has 30 heavy (non-hydrogen) atoms. The smallest absolute Gasteiger partial charge is 0.321 e. The van der Waals surface area contributed by atoms with E-state index in [1.54, 1.807) is 29.4 Å². The van der Waals surface area contributed by atoms with Gasteiger partial charge in [-0.1, -0.05) is 0 Å². The van der Waals surface area contributed by atoms with Gasteiger partial charge in [0, 0.05) is 37.8 Å². The van der Waals surface area contributed by atoms with Gasteiger partial charge < -0.3 is 25.6 Å². The molecule has 1 fully saturated rings. The summed E-state index contributed by atoms with van der Waals surface area (Å²) in [5.41, 5.74) is 6.27. The van der Waals surface area contributed by atoms with Gasteiger partial charge in [-0.2, -0.15) is 5.10 Å². The van der Waals surface area contributed by atoms with Gasteiger partial charge in [-0.15, -0.1) is 0 Å². The van der Waals surface area contributed by atoms with Crippen LogP contribution < -0.4 is 15.8 Å². The molecule has 156 valence electrons. The molecule has 3 amide bonds. The molecule has 3 N–H and O–H groups in total. The fraction of sp³-hybridized carbons (Fsp3) is 0.250. The van der Waals surface area contributed by atoms with E-state index in [-0.39, 0.29) is 17.3 Å². The van der Waals surface area contributed by atoms with E-state index in [0.29, 0.717) is 30.0 Å². The third-order valence-electron chi connectivity index (χ3n) is 4.95. The van der Waals surface area contributed by atoms with E-state index < -0.39 is 11.7 Å². The number of hydrogen-bond donors (Lipinski definition) is 2. The van der Waals surface area contributed by atoms with E-state index in [9.17, 15) is 14.0 Å². The number of halogens is 1. The van der Waals surface area contributed by atoms with Crippen molar-refractivity contribution in [1.29, 1.82) is 0 Å².